The van der Waals surface area contributed by atoms with Crippen LogP contribution in [0.5, 0.6) is 5.75 Å². The Hall–Kier alpha value is -2.62. The maximum absolute atomic E-state index is 13.2. The maximum Gasteiger partial charge on any atom is 0.344 e. The predicted octanol–water partition coefficient (Wildman–Crippen LogP) is 3.85. The van der Waals surface area contributed by atoms with Crippen LogP contribution in [0.15, 0.2) is 53.4 Å². The zero-order valence-corrected chi connectivity index (χ0v) is 19.9. The third-order valence-electron chi connectivity index (χ3n) is 5.45. The molecule has 1 fully saturated rings. The molecular formula is C23H27ClN2O6S. The van der Waals surface area contributed by atoms with Crippen LogP contribution in [-0.4, -0.2) is 50.9 Å². The van der Waals surface area contributed by atoms with Gasteiger partial charge in [-0.25, -0.2) is 13.2 Å². The maximum atomic E-state index is 13.2. The van der Waals surface area contributed by atoms with Crippen molar-refractivity contribution in [3.63, 3.8) is 0 Å². The number of esters is 1. The monoisotopic (exact) mass is 494 g/mol. The van der Waals surface area contributed by atoms with Crippen molar-refractivity contribution in [1.29, 1.82) is 0 Å². The molecule has 3 rings (SSSR count). The van der Waals surface area contributed by atoms with Gasteiger partial charge in [-0.1, -0.05) is 55.1 Å². The summed E-state index contributed by atoms with van der Waals surface area (Å²) in [5.74, 6) is -1.10. The van der Waals surface area contributed by atoms with E-state index in [9.17, 15) is 18.0 Å². The average Bonchev–Trinajstić information content (AvgIpc) is 2.82. The molecule has 0 unspecified atom stereocenters. The molecule has 2 aromatic carbocycles. The van der Waals surface area contributed by atoms with E-state index >= 15 is 0 Å². The molecule has 1 aliphatic rings. The predicted molar refractivity (Wildman–Crippen MR) is 125 cm³/mol. The molecule has 1 amide bonds. The van der Waals surface area contributed by atoms with Gasteiger partial charge in [-0.15, -0.1) is 0 Å². The van der Waals surface area contributed by atoms with E-state index in [1.165, 1.54) is 16.4 Å². The first-order valence-electron chi connectivity index (χ1n) is 10.7. The van der Waals surface area contributed by atoms with Crippen molar-refractivity contribution in [2.45, 2.75) is 43.0 Å². The van der Waals surface area contributed by atoms with E-state index in [4.69, 9.17) is 21.1 Å². The van der Waals surface area contributed by atoms with E-state index in [0.717, 1.165) is 32.1 Å². The Balaban J connectivity index is 1.58. The number of para-hydroxylation sites is 2. The number of anilines is 1. The molecule has 1 N–H and O–H groups in total. The number of hydrogen-bond acceptors (Lipinski definition) is 6. The minimum absolute atomic E-state index is 0.000183. The zero-order valence-electron chi connectivity index (χ0n) is 18.3. The van der Waals surface area contributed by atoms with E-state index in [1.807, 2.05) is 0 Å². The van der Waals surface area contributed by atoms with Crippen molar-refractivity contribution >= 4 is 39.2 Å². The van der Waals surface area contributed by atoms with Gasteiger partial charge in [0.05, 0.1) is 10.7 Å². The van der Waals surface area contributed by atoms with Gasteiger partial charge in [-0.05, 0) is 37.1 Å². The Morgan fingerprint density at radius 3 is 2.42 bits per heavy atom. The SMILES string of the molecule is CN(C1CCCCC1)S(=O)(=O)c1ccccc1NC(=O)COC(=O)COc1ccccc1Cl. The lowest BCUT2D eigenvalue weighted by atomic mass is 9.96. The van der Waals surface area contributed by atoms with Crippen LogP contribution in [0.1, 0.15) is 32.1 Å². The number of hydrogen-bond donors (Lipinski definition) is 1. The summed E-state index contributed by atoms with van der Waals surface area (Å²) in [6.45, 7) is -1.01. The van der Waals surface area contributed by atoms with Crippen LogP contribution in [0, 0.1) is 0 Å². The van der Waals surface area contributed by atoms with Gasteiger partial charge >= 0.3 is 5.97 Å². The van der Waals surface area contributed by atoms with Crippen LogP contribution in [0.2, 0.25) is 5.02 Å². The fourth-order valence-electron chi connectivity index (χ4n) is 3.66. The molecule has 8 nitrogen and oxygen atoms in total. The molecule has 0 heterocycles. The van der Waals surface area contributed by atoms with E-state index in [0.29, 0.717) is 10.8 Å². The van der Waals surface area contributed by atoms with Gasteiger partial charge in [0.25, 0.3) is 5.91 Å². The Bertz CT molecular complexity index is 1090. The Morgan fingerprint density at radius 1 is 1.03 bits per heavy atom. The summed E-state index contributed by atoms with van der Waals surface area (Å²) in [6.07, 6.45) is 4.73. The van der Waals surface area contributed by atoms with Crippen molar-refractivity contribution in [2.75, 3.05) is 25.6 Å². The number of carbonyl (C=O) groups is 2. The number of benzene rings is 2. The first-order valence-corrected chi connectivity index (χ1v) is 12.5. The molecule has 2 aromatic rings. The van der Waals surface area contributed by atoms with Gasteiger partial charge in [-0.2, -0.15) is 4.31 Å². The molecular weight excluding hydrogens is 468 g/mol. The minimum Gasteiger partial charge on any atom is -0.480 e. The van der Waals surface area contributed by atoms with Crippen LogP contribution < -0.4 is 10.1 Å². The Labute approximate surface area is 198 Å². The van der Waals surface area contributed by atoms with Gasteiger partial charge in [0.15, 0.2) is 13.2 Å². The van der Waals surface area contributed by atoms with E-state index in [-0.39, 0.29) is 16.6 Å². The average molecular weight is 495 g/mol. The van der Waals surface area contributed by atoms with Crippen molar-refractivity contribution in [2.24, 2.45) is 0 Å². The second-order valence-corrected chi connectivity index (χ2v) is 10.1. The Morgan fingerprint density at radius 2 is 1.70 bits per heavy atom. The summed E-state index contributed by atoms with van der Waals surface area (Å²) >= 11 is 5.96. The molecule has 1 aliphatic carbocycles. The van der Waals surface area contributed by atoms with Gasteiger partial charge in [-0.3, -0.25) is 4.79 Å². The highest BCUT2D eigenvalue weighted by Gasteiger charge is 2.31. The molecule has 10 heteroatoms. The third-order valence-corrected chi connectivity index (χ3v) is 7.73. The van der Waals surface area contributed by atoms with Crippen molar-refractivity contribution in [1.82, 2.24) is 4.31 Å². The summed E-state index contributed by atoms with van der Waals surface area (Å²) < 4.78 is 38.0. The van der Waals surface area contributed by atoms with Gasteiger partial charge in [0, 0.05) is 13.1 Å². The first-order chi connectivity index (χ1) is 15.8. The number of halogens is 1. The molecule has 0 atom stereocenters. The second-order valence-electron chi connectivity index (χ2n) is 7.74. The molecule has 33 heavy (non-hydrogen) atoms. The van der Waals surface area contributed by atoms with Gasteiger partial charge in [0.1, 0.15) is 10.6 Å². The first kappa shape index (κ1) is 25.0. The molecule has 1 saturated carbocycles. The Kier molecular flexibility index (Phi) is 8.71. The number of nitrogens with one attached hydrogen (secondary N) is 1. The lowest BCUT2D eigenvalue weighted by molar-refractivity contribution is -0.149. The number of ether oxygens (including phenoxy) is 2. The summed E-state index contributed by atoms with van der Waals surface area (Å²) in [5.41, 5.74) is 0.133. The molecule has 0 saturated heterocycles. The summed E-state index contributed by atoms with van der Waals surface area (Å²) in [5, 5.41) is 2.88. The van der Waals surface area contributed by atoms with Crippen LogP contribution >= 0.6 is 11.6 Å². The largest absolute Gasteiger partial charge is 0.480 e. The third kappa shape index (κ3) is 6.69. The van der Waals surface area contributed by atoms with Crippen LogP contribution in [0.3, 0.4) is 0 Å². The van der Waals surface area contributed by atoms with Crippen LogP contribution in [-0.2, 0) is 24.3 Å². The lowest BCUT2D eigenvalue weighted by Gasteiger charge is -2.30. The topological polar surface area (TPSA) is 102 Å². The fourth-order valence-corrected chi connectivity index (χ4v) is 5.41. The molecule has 0 spiro atoms. The van der Waals surface area contributed by atoms with E-state index in [2.05, 4.69) is 5.32 Å². The van der Waals surface area contributed by atoms with E-state index < -0.39 is 35.1 Å². The minimum atomic E-state index is -3.81. The zero-order chi connectivity index (χ0) is 23.8. The summed E-state index contributed by atoms with van der Waals surface area (Å²) in [6, 6.07) is 12.8. The highest BCUT2D eigenvalue weighted by atomic mass is 35.5. The highest BCUT2D eigenvalue weighted by molar-refractivity contribution is 7.89. The highest BCUT2D eigenvalue weighted by Crippen LogP contribution is 2.29. The van der Waals surface area contributed by atoms with Crippen LogP contribution in [0.25, 0.3) is 0 Å². The van der Waals surface area contributed by atoms with Gasteiger partial charge in [0.2, 0.25) is 10.0 Å². The molecule has 0 radical (unpaired) electrons. The standard InChI is InChI=1S/C23H27ClN2O6S/c1-26(17-9-3-2-4-10-17)33(29,30)21-14-8-6-12-19(21)25-22(27)15-32-23(28)16-31-20-13-7-5-11-18(20)24/h5-8,11-14,17H,2-4,9-10,15-16H2,1H3,(H,25,27). The fraction of sp³-hybridized carbons (Fsp3) is 0.391. The quantitative estimate of drug-likeness (QED) is 0.531. The van der Waals surface area contributed by atoms with Crippen LogP contribution in [0.4, 0.5) is 5.69 Å². The molecule has 0 aromatic heterocycles. The number of nitrogens with zero attached hydrogens (tertiary/aromatic N) is 1. The number of rotatable bonds is 9. The van der Waals surface area contributed by atoms with Gasteiger partial charge < -0.3 is 14.8 Å². The van der Waals surface area contributed by atoms with Crippen molar-refractivity contribution in [3.05, 3.63) is 53.6 Å². The molecule has 0 aliphatic heterocycles. The molecule has 0 bridgehead atoms. The number of amides is 1. The summed E-state index contributed by atoms with van der Waals surface area (Å²) in [7, 11) is -2.24. The van der Waals surface area contributed by atoms with E-state index in [1.54, 1.807) is 43.4 Å². The lowest BCUT2D eigenvalue weighted by Crippen LogP contribution is -2.38. The smallest absolute Gasteiger partial charge is 0.344 e. The van der Waals surface area contributed by atoms with Crippen molar-refractivity contribution < 1.29 is 27.5 Å². The summed E-state index contributed by atoms with van der Waals surface area (Å²) in [4.78, 5) is 24.2. The number of carbonyl (C=O) groups excluding carboxylic acids is 2. The second kappa shape index (κ2) is 11.5. The van der Waals surface area contributed by atoms with Crippen molar-refractivity contribution in [3.8, 4) is 5.75 Å². The molecule has 178 valence electrons. The number of sulfonamides is 1. The normalized spacial score (nSPS) is 14.6.